The van der Waals surface area contributed by atoms with Gasteiger partial charge < -0.3 is 19.3 Å². The zero-order chi connectivity index (χ0) is 23.9. The molecule has 0 N–H and O–H groups in total. The summed E-state index contributed by atoms with van der Waals surface area (Å²) in [5, 5.41) is 0. The highest BCUT2D eigenvalue weighted by molar-refractivity contribution is 7.89. The number of fused-ring (bicyclic) bond motifs is 1. The number of hydrogen-bond acceptors (Lipinski definition) is 6. The van der Waals surface area contributed by atoms with Crippen LogP contribution in [0, 0.1) is 5.92 Å². The Balaban J connectivity index is 1.14. The lowest BCUT2D eigenvalue weighted by molar-refractivity contribution is -0.187. The van der Waals surface area contributed by atoms with Crippen molar-refractivity contribution >= 4 is 27.5 Å². The number of carbonyl (C=O) groups excluding carboxylic acids is 2. The average molecular weight is 492 g/mol. The smallest absolute Gasteiger partial charge is 0.243 e. The third-order valence-corrected chi connectivity index (χ3v) is 9.59. The van der Waals surface area contributed by atoms with Crippen molar-refractivity contribution in [2.24, 2.45) is 5.92 Å². The highest BCUT2D eigenvalue weighted by Crippen LogP contribution is 2.34. The third kappa shape index (κ3) is 4.48. The standard InChI is InChI=1S/C24H33N3O6S/c1-18(28)27-11-6-20-17-21(2-3-22(20)27)34(30,31)26-9-4-19(5-10-26)16-23(29)25-12-7-24(8-13-25)32-14-15-33-24/h2-3,17,19H,4-16H2,1H3. The quantitative estimate of drug-likeness (QED) is 0.637. The molecule has 1 aromatic carbocycles. The van der Waals surface area contributed by atoms with Gasteiger partial charge in [-0.3, -0.25) is 9.59 Å². The molecule has 10 heteroatoms. The maximum absolute atomic E-state index is 13.2. The van der Waals surface area contributed by atoms with E-state index in [1.165, 1.54) is 11.2 Å². The van der Waals surface area contributed by atoms with E-state index in [1.54, 1.807) is 23.1 Å². The highest BCUT2D eigenvalue weighted by Gasteiger charge is 2.41. The van der Waals surface area contributed by atoms with Gasteiger partial charge in [-0.25, -0.2) is 8.42 Å². The Kier molecular flexibility index (Phi) is 6.43. The summed E-state index contributed by atoms with van der Waals surface area (Å²) >= 11 is 0. The molecular weight excluding hydrogens is 458 g/mol. The van der Waals surface area contributed by atoms with Crippen molar-refractivity contribution in [1.82, 2.24) is 9.21 Å². The molecule has 0 aromatic heterocycles. The minimum atomic E-state index is -3.60. The number of carbonyl (C=O) groups is 2. The second kappa shape index (κ2) is 9.22. The first-order valence-corrected chi connectivity index (χ1v) is 13.7. The number of amides is 2. The Morgan fingerprint density at radius 1 is 1.03 bits per heavy atom. The fourth-order valence-corrected chi connectivity index (χ4v) is 7.15. The lowest BCUT2D eigenvalue weighted by Crippen LogP contribution is -2.48. The predicted octanol–water partition coefficient (Wildman–Crippen LogP) is 1.75. The van der Waals surface area contributed by atoms with Gasteiger partial charge in [0, 0.05) is 64.6 Å². The fraction of sp³-hybridized carbons (Fsp3) is 0.667. The van der Waals surface area contributed by atoms with Gasteiger partial charge in [-0.05, 0) is 48.9 Å². The van der Waals surface area contributed by atoms with Crippen molar-refractivity contribution in [3.05, 3.63) is 23.8 Å². The van der Waals surface area contributed by atoms with Crippen molar-refractivity contribution in [3.8, 4) is 0 Å². The molecule has 4 aliphatic heterocycles. The Morgan fingerprint density at radius 3 is 2.35 bits per heavy atom. The Morgan fingerprint density at radius 2 is 1.71 bits per heavy atom. The first-order chi connectivity index (χ1) is 16.3. The zero-order valence-corrected chi connectivity index (χ0v) is 20.5. The summed E-state index contributed by atoms with van der Waals surface area (Å²) in [6.07, 6.45) is 3.90. The largest absolute Gasteiger partial charge is 0.347 e. The first kappa shape index (κ1) is 23.7. The molecule has 0 atom stereocenters. The zero-order valence-electron chi connectivity index (χ0n) is 19.7. The molecule has 0 radical (unpaired) electrons. The van der Waals surface area contributed by atoms with Crippen LogP contribution < -0.4 is 4.90 Å². The maximum Gasteiger partial charge on any atom is 0.243 e. The number of benzene rings is 1. The molecule has 0 saturated carbocycles. The van der Waals surface area contributed by atoms with Crippen LogP contribution in [0.3, 0.4) is 0 Å². The molecule has 9 nitrogen and oxygen atoms in total. The summed E-state index contributed by atoms with van der Waals surface area (Å²) < 4.78 is 39.5. The van der Waals surface area contributed by atoms with Crippen molar-refractivity contribution in [1.29, 1.82) is 0 Å². The number of likely N-dealkylation sites (tertiary alicyclic amines) is 1. The van der Waals surface area contributed by atoms with E-state index in [0.717, 1.165) is 11.3 Å². The molecule has 34 heavy (non-hydrogen) atoms. The van der Waals surface area contributed by atoms with E-state index < -0.39 is 15.8 Å². The van der Waals surface area contributed by atoms with Crippen LogP contribution in [0.15, 0.2) is 23.1 Å². The van der Waals surface area contributed by atoms with Crippen molar-refractivity contribution in [3.63, 3.8) is 0 Å². The summed E-state index contributed by atoms with van der Waals surface area (Å²) in [5.41, 5.74) is 1.70. The average Bonchev–Trinajstić information content (AvgIpc) is 3.46. The van der Waals surface area contributed by atoms with E-state index in [4.69, 9.17) is 9.47 Å². The van der Waals surface area contributed by atoms with Gasteiger partial charge in [0.1, 0.15) is 0 Å². The minimum Gasteiger partial charge on any atom is -0.347 e. The van der Waals surface area contributed by atoms with Gasteiger partial charge in [-0.15, -0.1) is 0 Å². The van der Waals surface area contributed by atoms with Crippen LogP contribution in [0.2, 0.25) is 0 Å². The first-order valence-electron chi connectivity index (χ1n) is 12.2. The summed E-state index contributed by atoms with van der Waals surface area (Å²) in [6.45, 7) is 5.48. The van der Waals surface area contributed by atoms with Gasteiger partial charge >= 0.3 is 0 Å². The number of piperidine rings is 2. The molecule has 1 spiro atoms. The molecule has 1 aromatic rings. The summed E-state index contributed by atoms with van der Waals surface area (Å²) in [5.74, 6) is -0.186. The van der Waals surface area contributed by atoms with Crippen LogP contribution in [0.4, 0.5) is 5.69 Å². The van der Waals surface area contributed by atoms with Crippen LogP contribution in [0.1, 0.15) is 44.6 Å². The topological polar surface area (TPSA) is 96.5 Å². The monoisotopic (exact) mass is 491 g/mol. The third-order valence-electron chi connectivity index (χ3n) is 7.69. The number of hydrogen-bond donors (Lipinski definition) is 0. The molecule has 0 bridgehead atoms. The van der Waals surface area contributed by atoms with Crippen LogP contribution >= 0.6 is 0 Å². The van der Waals surface area contributed by atoms with Gasteiger partial charge in [0.05, 0.1) is 18.1 Å². The van der Waals surface area contributed by atoms with Gasteiger partial charge in [-0.1, -0.05) is 0 Å². The number of ether oxygens (including phenoxy) is 2. The van der Waals surface area contributed by atoms with Gasteiger partial charge in [-0.2, -0.15) is 4.31 Å². The van der Waals surface area contributed by atoms with Crippen molar-refractivity contribution in [2.75, 3.05) is 50.8 Å². The molecule has 186 valence electrons. The molecule has 2 amide bonds. The maximum atomic E-state index is 13.2. The van der Waals surface area contributed by atoms with E-state index in [9.17, 15) is 18.0 Å². The number of rotatable bonds is 4. The number of anilines is 1. The second-order valence-electron chi connectivity index (χ2n) is 9.75. The van der Waals surface area contributed by atoms with Crippen LogP contribution in [0.5, 0.6) is 0 Å². The van der Waals surface area contributed by atoms with Crippen molar-refractivity contribution < 1.29 is 27.5 Å². The fourth-order valence-electron chi connectivity index (χ4n) is 5.63. The van der Waals surface area contributed by atoms with Crippen molar-refractivity contribution in [2.45, 2.75) is 56.1 Å². The lowest BCUT2D eigenvalue weighted by atomic mass is 9.93. The van der Waals surface area contributed by atoms with Crippen LogP contribution in [-0.4, -0.2) is 81.2 Å². The van der Waals surface area contributed by atoms with E-state index >= 15 is 0 Å². The molecule has 4 aliphatic rings. The van der Waals surface area contributed by atoms with Gasteiger partial charge in [0.25, 0.3) is 0 Å². The molecule has 4 heterocycles. The lowest BCUT2D eigenvalue weighted by Gasteiger charge is -2.38. The van der Waals surface area contributed by atoms with E-state index in [-0.39, 0.29) is 22.6 Å². The number of sulfonamides is 1. The van der Waals surface area contributed by atoms with E-state index in [0.29, 0.717) is 84.5 Å². The Hall–Kier alpha value is -2.01. The number of nitrogens with zero attached hydrogens (tertiary/aromatic N) is 3. The molecule has 0 aliphatic carbocycles. The molecule has 3 fully saturated rings. The van der Waals surface area contributed by atoms with Crippen LogP contribution in [-0.2, 0) is 35.5 Å². The van der Waals surface area contributed by atoms with E-state index in [2.05, 4.69) is 0 Å². The predicted molar refractivity (Wildman–Crippen MR) is 125 cm³/mol. The SMILES string of the molecule is CC(=O)N1CCc2cc(S(=O)(=O)N3CCC(CC(=O)N4CCC5(CC4)OCCO5)CC3)ccc21. The Labute approximate surface area is 201 Å². The van der Waals surface area contributed by atoms with Gasteiger partial charge in [0.2, 0.25) is 21.8 Å². The minimum absolute atomic E-state index is 0.0322. The van der Waals surface area contributed by atoms with Crippen LogP contribution in [0.25, 0.3) is 0 Å². The molecule has 5 rings (SSSR count). The summed E-state index contributed by atoms with van der Waals surface area (Å²) in [7, 11) is -3.60. The highest BCUT2D eigenvalue weighted by atomic mass is 32.2. The van der Waals surface area contributed by atoms with E-state index in [1.807, 2.05) is 4.90 Å². The normalized spacial score (nSPS) is 23.4. The Bertz CT molecular complexity index is 1050. The van der Waals surface area contributed by atoms with Gasteiger partial charge in [0.15, 0.2) is 5.79 Å². The molecule has 3 saturated heterocycles. The molecule has 0 unspecified atom stereocenters. The summed E-state index contributed by atoms with van der Waals surface area (Å²) in [6, 6.07) is 5.06. The summed E-state index contributed by atoms with van der Waals surface area (Å²) in [4.78, 5) is 28.5. The molecular formula is C24H33N3O6S. The second-order valence-corrected chi connectivity index (χ2v) is 11.7.